The molecule has 18 heavy (non-hydrogen) atoms. The zero-order chi connectivity index (χ0) is 13.1. The summed E-state index contributed by atoms with van der Waals surface area (Å²) in [5, 5.41) is 15.8. The van der Waals surface area contributed by atoms with E-state index in [0.717, 1.165) is 5.01 Å². The smallest absolute Gasteiger partial charge is 0.335 e. The Balaban J connectivity index is 2.04. The van der Waals surface area contributed by atoms with Crippen LogP contribution in [-0.4, -0.2) is 34.5 Å². The first-order valence-corrected chi connectivity index (χ1v) is 4.97. The van der Waals surface area contributed by atoms with Crippen LogP contribution in [0.5, 0.6) is 5.75 Å². The second-order valence-electron chi connectivity index (χ2n) is 3.51. The van der Waals surface area contributed by atoms with E-state index in [4.69, 9.17) is 15.8 Å². The minimum atomic E-state index is -1.02. The third kappa shape index (κ3) is 2.55. The number of carboxylic acids is 1. The van der Waals surface area contributed by atoms with Crippen LogP contribution in [0.25, 0.3) is 0 Å². The highest BCUT2D eigenvalue weighted by Gasteiger charge is 2.22. The molecule has 1 amide bonds. The first kappa shape index (κ1) is 11.9. The number of hydrogen-bond acceptors (Lipinski definition) is 5. The number of aromatic carboxylic acids is 1. The molecule has 4 N–H and O–H groups in total. The monoisotopic (exact) mass is 250 g/mol. The molecule has 1 heterocycles. The number of carbonyl (C=O) groups is 2. The maximum Gasteiger partial charge on any atom is 0.335 e. The van der Waals surface area contributed by atoms with Gasteiger partial charge in [-0.15, -0.1) is 0 Å². The number of rotatable bonds is 3. The lowest BCUT2D eigenvalue weighted by molar-refractivity contribution is -0.118. The first-order valence-electron chi connectivity index (χ1n) is 4.97. The van der Waals surface area contributed by atoms with Gasteiger partial charge < -0.3 is 9.94 Å². The molecule has 94 valence electrons. The summed E-state index contributed by atoms with van der Waals surface area (Å²) in [5.74, 6) is 4.59. The number of benzene rings is 1. The molecule has 0 aliphatic carbocycles. The van der Waals surface area contributed by atoms with Gasteiger partial charge in [0.25, 0.3) is 5.96 Å². The molecule has 1 saturated heterocycles. The zero-order valence-electron chi connectivity index (χ0n) is 9.16. The Bertz CT molecular complexity index is 511. The Hall–Kier alpha value is -2.61. The minimum Gasteiger partial charge on any atom is -0.478 e. The van der Waals surface area contributed by atoms with Gasteiger partial charge in [0.2, 0.25) is 5.91 Å². The maximum absolute atomic E-state index is 11.0. The molecule has 2 rings (SSSR count). The first-order chi connectivity index (χ1) is 8.56. The molecule has 1 aromatic carbocycles. The lowest BCUT2D eigenvalue weighted by Crippen LogP contribution is -2.36. The van der Waals surface area contributed by atoms with Crippen molar-refractivity contribution in [3.63, 3.8) is 0 Å². The molecule has 0 aromatic heterocycles. The molecule has 0 bridgehead atoms. The molecular formula is C10H10N4O4. The maximum atomic E-state index is 11.0. The van der Waals surface area contributed by atoms with Crippen molar-refractivity contribution in [1.82, 2.24) is 10.3 Å². The van der Waals surface area contributed by atoms with Crippen LogP contribution in [0.1, 0.15) is 10.4 Å². The largest absolute Gasteiger partial charge is 0.478 e. The predicted molar refractivity (Wildman–Crippen MR) is 60.5 cm³/mol. The highest BCUT2D eigenvalue weighted by molar-refractivity contribution is 6.03. The molecule has 0 unspecified atom stereocenters. The summed E-state index contributed by atoms with van der Waals surface area (Å²) in [6.07, 6.45) is 0. The summed E-state index contributed by atoms with van der Waals surface area (Å²) in [6, 6.07) is 5.66. The number of carbonyl (C=O) groups excluding carboxylic acids is 1. The lowest BCUT2D eigenvalue weighted by atomic mass is 10.2. The highest BCUT2D eigenvalue weighted by atomic mass is 16.6. The number of nitrogens with zero attached hydrogens (tertiary/aromatic N) is 2. The third-order valence-corrected chi connectivity index (χ3v) is 2.18. The Morgan fingerprint density at radius 2 is 2.11 bits per heavy atom. The van der Waals surface area contributed by atoms with Gasteiger partial charge in [-0.2, -0.15) is 0 Å². The van der Waals surface area contributed by atoms with Gasteiger partial charge in [0.1, 0.15) is 6.54 Å². The number of hydrogen-bond donors (Lipinski definition) is 3. The van der Waals surface area contributed by atoms with E-state index in [1.807, 2.05) is 0 Å². The van der Waals surface area contributed by atoms with Crippen molar-refractivity contribution in [3.8, 4) is 5.75 Å². The number of oxime groups is 1. The second kappa shape index (κ2) is 4.72. The van der Waals surface area contributed by atoms with Crippen LogP contribution < -0.4 is 16.0 Å². The summed E-state index contributed by atoms with van der Waals surface area (Å²) in [6.45, 7) is 0.0140. The Labute approximate surface area is 102 Å². The molecular weight excluding hydrogens is 240 g/mol. The normalized spacial score (nSPS) is 16.8. The van der Waals surface area contributed by atoms with Gasteiger partial charge in [0.05, 0.1) is 5.56 Å². The molecule has 0 spiro atoms. The average Bonchev–Trinajstić information content (AvgIpc) is 2.66. The number of hydrazine groups is 1. The van der Waals surface area contributed by atoms with Gasteiger partial charge in [-0.25, -0.2) is 10.6 Å². The van der Waals surface area contributed by atoms with E-state index in [1.165, 1.54) is 24.3 Å². The van der Waals surface area contributed by atoms with Crippen LogP contribution in [0, 0.1) is 0 Å². The van der Waals surface area contributed by atoms with E-state index in [9.17, 15) is 9.59 Å². The number of guanidine groups is 1. The number of nitrogens with two attached hydrogens (primary N) is 1. The molecule has 0 saturated carbocycles. The molecule has 0 radical (unpaired) electrons. The van der Waals surface area contributed by atoms with Crippen LogP contribution in [-0.2, 0) is 4.79 Å². The Morgan fingerprint density at radius 1 is 1.44 bits per heavy atom. The molecule has 8 nitrogen and oxygen atoms in total. The number of nitrogens with one attached hydrogen (secondary N) is 1. The fourth-order valence-electron chi connectivity index (χ4n) is 1.30. The van der Waals surface area contributed by atoms with E-state index in [2.05, 4.69) is 10.5 Å². The van der Waals surface area contributed by atoms with Crippen molar-refractivity contribution >= 4 is 17.8 Å². The molecule has 1 aromatic rings. The number of carboxylic acid groups (broad SMARTS) is 1. The summed E-state index contributed by atoms with van der Waals surface area (Å²) < 4.78 is 0. The van der Waals surface area contributed by atoms with Crippen molar-refractivity contribution in [1.29, 1.82) is 0 Å². The highest BCUT2D eigenvalue weighted by Crippen LogP contribution is 2.12. The summed E-state index contributed by atoms with van der Waals surface area (Å²) in [7, 11) is 0. The van der Waals surface area contributed by atoms with Crippen molar-refractivity contribution < 1.29 is 19.5 Å². The van der Waals surface area contributed by atoms with Crippen LogP contribution in [0.2, 0.25) is 0 Å². The van der Waals surface area contributed by atoms with Crippen molar-refractivity contribution in [2.45, 2.75) is 0 Å². The SMILES string of the molecule is NN1CC(=O)NC1=NOc1ccc(C(=O)O)cc1. The van der Waals surface area contributed by atoms with E-state index in [0.29, 0.717) is 5.75 Å². The van der Waals surface area contributed by atoms with E-state index >= 15 is 0 Å². The third-order valence-electron chi connectivity index (χ3n) is 2.18. The summed E-state index contributed by atoms with van der Waals surface area (Å²) in [5.41, 5.74) is 0.143. The Kier molecular flexibility index (Phi) is 3.11. The van der Waals surface area contributed by atoms with E-state index < -0.39 is 5.97 Å². The average molecular weight is 250 g/mol. The minimum absolute atomic E-state index is 0.0140. The summed E-state index contributed by atoms with van der Waals surface area (Å²) >= 11 is 0. The van der Waals surface area contributed by atoms with Crippen molar-refractivity contribution in [2.24, 2.45) is 11.0 Å². The quantitative estimate of drug-likeness (QED) is 0.484. The van der Waals surface area contributed by atoms with Gasteiger partial charge in [0, 0.05) is 0 Å². The zero-order valence-corrected chi connectivity index (χ0v) is 9.16. The van der Waals surface area contributed by atoms with Crippen LogP contribution in [0.15, 0.2) is 29.4 Å². The number of amides is 1. The fraction of sp³-hybridized carbons (Fsp3) is 0.100. The van der Waals surface area contributed by atoms with Crippen LogP contribution in [0.3, 0.4) is 0 Å². The van der Waals surface area contributed by atoms with Gasteiger partial charge in [0.15, 0.2) is 5.75 Å². The molecule has 1 aliphatic rings. The molecule has 0 atom stereocenters. The Morgan fingerprint density at radius 3 is 2.61 bits per heavy atom. The standard InChI is InChI=1S/C10H10N4O4/c11-14-5-8(15)12-10(14)13-18-7-3-1-6(2-4-7)9(16)17/h1-4H,5,11H2,(H,16,17)(H,12,13,15). The van der Waals surface area contributed by atoms with Gasteiger partial charge in [-0.3, -0.25) is 15.1 Å². The topological polar surface area (TPSA) is 117 Å². The molecule has 8 heteroatoms. The predicted octanol–water partition coefficient (Wildman–Crippen LogP) is -0.660. The van der Waals surface area contributed by atoms with Crippen molar-refractivity contribution in [3.05, 3.63) is 29.8 Å². The van der Waals surface area contributed by atoms with Crippen LogP contribution in [0.4, 0.5) is 0 Å². The van der Waals surface area contributed by atoms with E-state index in [1.54, 1.807) is 0 Å². The summed E-state index contributed by atoms with van der Waals surface area (Å²) in [4.78, 5) is 26.6. The van der Waals surface area contributed by atoms with Gasteiger partial charge in [-0.1, -0.05) is 0 Å². The van der Waals surface area contributed by atoms with Crippen molar-refractivity contribution in [2.75, 3.05) is 6.54 Å². The van der Waals surface area contributed by atoms with Gasteiger partial charge in [-0.05, 0) is 29.4 Å². The lowest BCUT2D eigenvalue weighted by Gasteiger charge is -2.07. The second-order valence-corrected chi connectivity index (χ2v) is 3.51. The van der Waals surface area contributed by atoms with Gasteiger partial charge >= 0.3 is 5.97 Å². The van der Waals surface area contributed by atoms with E-state index in [-0.39, 0.29) is 24.0 Å². The molecule has 1 fully saturated rings. The molecule has 1 aliphatic heterocycles. The fourth-order valence-corrected chi connectivity index (χ4v) is 1.30. The van der Waals surface area contributed by atoms with Crippen LogP contribution >= 0.6 is 0 Å².